The van der Waals surface area contributed by atoms with E-state index in [-0.39, 0.29) is 18.4 Å². The van der Waals surface area contributed by atoms with Gasteiger partial charge in [-0.2, -0.15) is 0 Å². The lowest BCUT2D eigenvalue weighted by Crippen LogP contribution is -2.60. The van der Waals surface area contributed by atoms with E-state index in [2.05, 4.69) is 17.9 Å². The first-order chi connectivity index (χ1) is 9.72. The summed E-state index contributed by atoms with van der Waals surface area (Å²) in [5.74, 6) is -1.43. The molecule has 0 aromatic carbocycles. The lowest BCUT2D eigenvalue weighted by Gasteiger charge is -2.43. The van der Waals surface area contributed by atoms with E-state index in [0.29, 0.717) is 0 Å². The smallest absolute Gasteiger partial charge is 0.302 e. The van der Waals surface area contributed by atoms with Crippen LogP contribution in [0.3, 0.4) is 0 Å². The van der Waals surface area contributed by atoms with Crippen molar-refractivity contribution in [2.75, 3.05) is 6.61 Å². The van der Waals surface area contributed by atoms with Crippen molar-refractivity contribution in [2.45, 2.75) is 51.4 Å². The third kappa shape index (κ3) is 5.20. The minimum Gasteiger partial charge on any atom is -0.463 e. The van der Waals surface area contributed by atoms with E-state index in [4.69, 9.17) is 14.2 Å². The lowest BCUT2D eigenvalue weighted by molar-refractivity contribution is -0.180. The maximum atomic E-state index is 11.3. The lowest BCUT2D eigenvalue weighted by atomic mass is 9.89. The minimum absolute atomic E-state index is 0.0398. The summed E-state index contributed by atoms with van der Waals surface area (Å²) in [7, 11) is 0. The summed E-state index contributed by atoms with van der Waals surface area (Å²) in [6.45, 7) is 5.80. The second kappa shape index (κ2) is 7.65. The van der Waals surface area contributed by atoms with Crippen LogP contribution >= 0.6 is 12.6 Å². The van der Waals surface area contributed by atoms with Crippen LogP contribution < -0.4 is 5.32 Å². The van der Waals surface area contributed by atoms with E-state index in [1.807, 2.05) is 0 Å². The summed E-state index contributed by atoms with van der Waals surface area (Å²) in [6.07, 6.45) is -1.08. The van der Waals surface area contributed by atoms with Gasteiger partial charge in [0.15, 0.2) is 0 Å². The molecule has 0 saturated carbocycles. The molecular weight excluding hydrogens is 298 g/mol. The molecule has 1 heterocycles. The fourth-order valence-corrected chi connectivity index (χ4v) is 2.64. The van der Waals surface area contributed by atoms with Crippen molar-refractivity contribution < 1.29 is 28.6 Å². The number of amides is 1. The number of thiol groups is 1. The van der Waals surface area contributed by atoms with Crippen molar-refractivity contribution in [1.29, 1.82) is 0 Å². The Morgan fingerprint density at radius 2 is 1.81 bits per heavy atom. The summed E-state index contributed by atoms with van der Waals surface area (Å²) < 4.78 is 15.9. The van der Waals surface area contributed by atoms with E-state index >= 15 is 0 Å². The molecule has 7 nitrogen and oxygen atoms in total. The molecule has 21 heavy (non-hydrogen) atoms. The number of nitrogens with one attached hydrogen (secondary N) is 1. The Morgan fingerprint density at radius 1 is 1.19 bits per heavy atom. The highest BCUT2D eigenvalue weighted by Gasteiger charge is 2.45. The first-order valence-corrected chi connectivity index (χ1v) is 7.15. The molecule has 0 aliphatic carbocycles. The molecule has 5 atom stereocenters. The third-order valence-electron chi connectivity index (χ3n) is 3.20. The molecule has 1 aliphatic rings. The summed E-state index contributed by atoms with van der Waals surface area (Å²) in [5.41, 5.74) is -0.671. The first kappa shape index (κ1) is 17.8. The molecule has 1 rings (SSSR count). The maximum Gasteiger partial charge on any atom is 0.302 e. The number of hydrogen-bond donors (Lipinski definition) is 2. The topological polar surface area (TPSA) is 90.9 Å². The van der Waals surface area contributed by atoms with Gasteiger partial charge in [-0.05, 0) is 0 Å². The molecule has 1 aliphatic heterocycles. The third-order valence-corrected chi connectivity index (χ3v) is 3.65. The van der Waals surface area contributed by atoms with E-state index in [1.54, 1.807) is 6.92 Å². The van der Waals surface area contributed by atoms with Crippen molar-refractivity contribution in [3.63, 3.8) is 0 Å². The van der Waals surface area contributed by atoms with Crippen LogP contribution in [0.25, 0.3) is 0 Å². The average molecular weight is 319 g/mol. The zero-order valence-corrected chi connectivity index (χ0v) is 13.4. The summed E-state index contributed by atoms with van der Waals surface area (Å²) in [5, 5.41) is 2.68. The van der Waals surface area contributed by atoms with Gasteiger partial charge in [0.05, 0.1) is 6.10 Å². The second-order valence-electron chi connectivity index (χ2n) is 5.03. The molecule has 1 amide bonds. The van der Waals surface area contributed by atoms with Crippen molar-refractivity contribution in [1.82, 2.24) is 5.32 Å². The van der Waals surface area contributed by atoms with Gasteiger partial charge in [-0.3, -0.25) is 14.4 Å². The predicted octanol–water partition coefficient (Wildman–Crippen LogP) is 0.277. The van der Waals surface area contributed by atoms with Crippen LogP contribution in [0.5, 0.6) is 0 Å². The minimum atomic E-state index is -0.671. The van der Waals surface area contributed by atoms with Crippen LogP contribution in [0.2, 0.25) is 0 Å². The van der Waals surface area contributed by atoms with Crippen LogP contribution in [0, 0.1) is 5.92 Å². The molecule has 0 aromatic rings. The Bertz CT molecular complexity index is 415. The highest BCUT2D eigenvalue weighted by Crippen LogP contribution is 2.30. The Hall–Kier alpha value is -1.28. The highest BCUT2D eigenvalue weighted by atomic mass is 32.1. The summed E-state index contributed by atoms with van der Waals surface area (Å²) >= 11 is 4.29. The Morgan fingerprint density at radius 3 is 2.29 bits per heavy atom. The number of ether oxygens (including phenoxy) is 3. The highest BCUT2D eigenvalue weighted by molar-refractivity contribution is 7.80. The van der Waals surface area contributed by atoms with Crippen LogP contribution in [0.1, 0.15) is 27.7 Å². The van der Waals surface area contributed by atoms with Crippen molar-refractivity contribution in [3.05, 3.63) is 0 Å². The van der Waals surface area contributed by atoms with Gasteiger partial charge in [0.1, 0.15) is 24.2 Å². The van der Waals surface area contributed by atoms with Gasteiger partial charge >= 0.3 is 11.9 Å². The van der Waals surface area contributed by atoms with Crippen LogP contribution in [0.4, 0.5) is 0 Å². The molecule has 0 radical (unpaired) electrons. The number of esters is 2. The van der Waals surface area contributed by atoms with Crippen molar-refractivity contribution in [2.24, 2.45) is 5.92 Å². The number of hydrogen-bond acceptors (Lipinski definition) is 7. The fraction of sp³-hybridized carbons (Fsp3) is 0.769. The normalized spacial score (nSPS) is 32.1. The van der Waals surface area contributed by atoms with E-state index in [1.165, 1.54) is 20.8 Å². The Kier molecular flexibility index (Phi) is 6.47. The number of rotatable bonds is 4. The Balaban J connectivity index is 2.87. The van der Waals surface area contributed by atoms with E-state index in [9.17, 15) is 14.4 Å². The molecule has 1 saturated heterocycles. The van der Waals surface area contributed by atoms with Crippen LogP contribution in [-0.2, 0) is 28.6 Å². The van der Waals surface area contributed by atoms with E-state index in [0.717, 1.165) is 0 Å². The summed E-state index contributed by atoms with van der Waals surface area (Å²) in [6, 6.07) is -0.571. The molecule has 0 spiro atoms. The molecule has 2 unspecified atom stereocenters. The fourth-order valence-electron chi connectivity index (χ4n) is 2.24. The van der Waals surface area contributed by atoms with Gasteiger partial charge in [0.25, 0.3) is 0 Å². The number of carbonyl (C=O) groups is 3. The van der Waals surface area contributed by atoms with Gasteiger partial charge in [0, 0.05) is 26.7 Å². The molecule has 120 valence electrons. The van der Waals surface area contributed by atoms with Gasteiger partial charge in [-0.25, -0.2) is 0 Å². The zero-order valence-electron chi connectivity index (χ0n) is 12.5. The maximum absolute atomic E-state index is 11.3. The van der Waals surface area contributed by atoms with E-state index < -0.39 is 35.6 Å². The molecule has 0 bridgehead atoms. The Labute approximate surface area is 129 Å². The first-order valence-electron chi connectivity index (χ1n) is 6.63. The van der Waals surface area contributed by atoms with Crippen molar-refractivity contribution in [3.8, 4) is 0 Å². The predicted molar refractivity (Wildman–Crippen MR) is 76.6 cm³/mol. The average Bonchev–Trinajstić information content (AvgIpc) is 2.35. The van der Waals surface area contributed by atoms with Crippen molar-refractivity contribution >= 4 is 30.5 Å². The molecule has 1 fully saturated rings. The van der Waals surface area contributed by atoms with Gasteiger partial charge in [-0.15, -0.1) is 12.6 Å². The molecule has 8 heteroatoms. The quantitative estimate of drug-likeness (QED) is 0.571. The summed E-state index contributed by atoms with van der Waals surface area (Å²) in [4.78, 5) is 33.5. The molecule has 1 N–H and O–H groups in total. The standard InChI is InChI=1S/C13H21NO6S/c1-6-10(5-18-8(3)16)20-13(21)11(14-7(2)15)12(6)19-9(4)17/h6,10-13,21H,5H2,1-4H3,(H,14,15)/t6-,10?,11?,12+,13-/m0/s1. The number of carbonyl (C=O) groups excluding carboxylic acids is 3. The van der Waals surface area contributed by atoms with Crippen LogP contribution in [-0.4, -0.2) is 48.1 Å². The monoisotopic (exact) mass is 319 g/mol. The van der Waals surface area contributed by atoms with Crippen LogP contribution in [0.15, 0.2) is 0 Å². The van der Waals surface area contributed by atoms with Gasteiger partial charge < -0.3 is 19.5 Å². The molecular formula is C13H21NO6S. The zero-order chi connectivity index (χ0) is 16.2. The van der Waals surface area contributed by atoms with Gasteiger partial charge in [-0.1, -0.05) is 6.92 Å². The van der Waals surface area contributed by atoms with Gasteiger partial charge in [0.2, 0.25) is 5.91 Å². The SMILES string of the molecule is CC(=O)NC1[C@H](S)OC(COC(C)=O)[C@H](C)[C@H]1OC(C)=O. The second-order valence-corrected chi connectivity index (χ2v) is 5.54. The largest absolute Gasteiger partial charge is 0.463 e. The molecule has 0 aromatic heterocycles.